The van der Waals surface area contributed by atoms with E-state index in [1.54, 1.807) is 4.68 Å². The number of benzene rings is 4. The number of rotatable bonds is 7. The first kappa shape index (κ1) is 29.7. The molecule has 0 fully saturated rings. The molecule has 1 aliphatic heterocycles. The molecule has 238 valence electrons. The largest absolute Gasteiger partial charge is 0.472 e. The zero-order valence-corrected chi connectivity index (χ0v) is 27.1. The van der Waals surface area contributed by atoms with Crippen LogP contribution in [0.1, 0.15) is 58.7 Å². The van der Waals surface area contributed by atoms with Gasteiger partial charge in [-0.05, 0) is 84.4 Å². The molecule has 4 aromatic carbocycles. The van der Waals surface area contributed by atoms with Crippen LogP contribution in [0, 0.1) is 0 Å². The minimum atomic E-state index is -3.77. The van der Waals surface area contributed by atoms with Crippen LogP contribution in [0.15, 0.2) is 113 Å². The molecule has 0 radical (unpaired) electrons. The summed E-state index contributed by atoms with van der Waals surface area (Å²) in [6.45, 7) is 2.46. The molecule has 8 rings (SSSR count). The zero-order chi connectivity index (χ0) is 32.0. The van der Waals surface area contributed by atoms with Crippen LogP contribution in [0.25, 0.3) is 0 Å². The molecule has 2 N–H and O–H groups in total. The highest BCUT2D eigenvalue weighted by Gasteiger charge is 2.42. The third-order valence-corrected chi connectivity index (χ3v) is 11.5. The fourth-order valence-electron chi connectivity index (χ4n) is 7.56. The van der Waals surface area contributed by atoms with Gasteiger partial charge >= 0.3 is 6.03 Å². The van der Waals surface area contributed by atoms with E-state index in [0.29, 0.717) is 12.4 Å². The monoisotopic (exact) mass is 643 g/mol. The minimum Gasteiger partial charge on any atom is -0.472 e. The summed E-state index contributed by atoms with van der Waals surface area (Å²) in [4.78, 5) is 14.5. The fraction of sp³-hybridized carbons (Fsp3) is 0.263. The quantitative estimate of drug-likeness (QED) is 0.183. The summed E-state index contributed by atoms with van der Waals surface area (Å²) < 4.78 is 31.8. The normalized spacial score (nSPS) is 17.7. The molecule has 2 amide bonds. The van der Waals surface area contributed by atoms with Gasteiger partial charge in [-0.1, -0.05) is 97.1 Å². The van der Waals surface area contributed by atoms with Gasteiger partial charge < -0.3 is 10.1 Å². The van der Waals surface area contributed by atoms with Gasteiger partial charge in [-0.3, -0.25) is 0 Å². The van der Waals surface area contributed by atoms with Gasteiger partial charge in [0, 0.05) is 5.69 Å². The molecule has 0 spiro atoms. The van der Waals surface area contributed by atoms with Crippen molar-refractivity contribution in [2.75, 3.05) is 5.32 Å². The molecule has 8 nitrogen and oxygen atoms in total. The molecule has 9 heteroatoms. The number of amides is 2. The lowest BCUT2D eigenvalue weighted by atomic mass is 9.78. The average molecular weight is 644 g/mol. The third kappa shape index (κ3) is 5.14. The highest BCUT2D eigenvalue weighted by atomic mass is 32.2. The second-order valence-corrected chi connectivity index (χ2v) is 14.5. The molecule has 1 aromatic heterocycles. The van der Waals surface area contributed by atoms with E-state index in [-0.39, 0.29) is 11.0 Å². The van der Waals surface area contributed by atoms with Gasteiger partial charge in [0.1, 0.15) is 16.5 Å². The lowest BCUT2D eigenvalue weighted by molar-refractivity contribution is 0.248. The Labute approximate surface area is 275 Å². The molecule has 0 unspecified atom stereocenters. The highest BCUT2D eigenvalue weighted by molar-refractivity contribution is 7.92. The molecule has 0 saturated heterocycles. The van der Waals surface area contributed by atoms with Crippen LogP contribution in [-0.2, 0) is 47.7 Å². The van der Waals surface area contributed by atoms with Gasteiger partial charge in [-0.25, -0.2) is 18.4 Å². The number of aromatic nitrogens is 2. The third-order valence-electron chi connectivity index (χ3n) is 9.63. The standard InChI is InChI=1S/C38H37N5O3S/c1-26-25-43-36(46-26)34(24-39-43)47(45,41-37(44)40-35-32-21-11-13-27(32)23-28-14-12-22-33(28)35)42-38(29-15-5-2-6-16-29,30-17-7-3-8-18-30)31-19-9-4-10-20-31/h2-10,15-20,23-24,26H,11-14,21-22,25H2,1H3,(H2,40,41,42,44,45)/t26-,47-/m0/s1. The summed E-state index contributed by atoms with van der Waals surface area (Å²) in [6, 6.07) is 31.3. The first-order valence-electron chi connectivity index (χ1n) is 16.4. The fourth-order valence-corrected chi connectivity index (χ4v) is 9.44. The van der Waals surface area contributed by atoms with Crippen molar-refractivity contribution in [1.29, 1.82) is 0 Å². The average Bonchev–Trinajstić information content (AvgIpc) is 3.90. The van der Waals surface area contributed by atoms with Crippen molar-refractivity contribution in [3.63, 3.8) is 0 Å². The van der Waals surface area contributed by atoms with Crippen LogP contribution >= 0.6 is 0 Å². The topological polar surface area (TPSA) is 97.6 Å². The Morgan fingerprint density at radius 3 is 1.91 bits per heavy atom. The second-order valence-electron chi connectivity index (χ2n) is 12.7. The van der Waals surface area contributed by atoms with Crippen molar-refractivity contribution in [2.45, 2.75) is 68.5 Å². The lowest BCUT2D eigenvalue weighted by Gasteiger charge is -2.37. The number of aryl methyl sites for hydroxylation is 2. The Hall–Kier alpha value is -4.73. The number of fused-ring (bicyclic) bond motifs is 3. The van der Waals surface area contributed by atoms with E-state index in [9.17, 15) is 4.79 Å². The number of carbonyl (C=O) groups excluding carboxylic acids is 1. The Bertz CT molecular complexity index is 1960. The van der Waals surface area contributed by atoms with Gasteiger partial charge in [0.15, 0.2) is 9.92 Å². The van der Waals surface area contributed by atoms with E-state index in [4.69, 9.17) is 4.74 Å². The molecule has 0 bridgehead atoms. The molecule has 2 aliphatic carbocycles. The number of anilines is 1. The van der Waals surface area contributed by atoms with Crippen LogP contribution in [0.3, 0.4) is 0 Å². The van der Waals surface area contributed by atoms with Crippen LogP contribution in [-0.4, -0.2) is 26.1 Å². The molecule has 2 atom stereocenters. The number of nitrogens with zero attached hydrogens (tertiary/aromatic N) is 3. The Morgan fingerprint density at radius 2 is 1.38 bits per heavy atom. The smallest absolute Gasteiger partial charge is 0.354 e. The maximum absolute atomic E-state index is 15.8. The molecule has 0 saturated carbocycles. The predicted molar refractivity (Wildman–Crippen MR) is 183 cm³/mol. The number of nitrogens with one attached hydrogen (secondary N) is 2. The van der Waals surface area contributed by atoms with Gasteiger partial charge in [-0.15, -0.1) is 4.36 Å². The van der Waals surface area contributed by atoms with Crippen molar-refractivity contribution >= 4 is 21.6 Å². The maximum atomic E-state index is 15.8. The Kier molecular flexibility index (Phi) is 7.45. The van der Waals surface area contributed by atoms with Gasteiger partial charge in [0.25, 0.3) is 0 Å². The number of ether oxygens (including phenoxy) is 1. The second kappa shape index (κ2) is 11.8. The van der Waals surface area contributed by atoms with Gasteiger partial charge in [0.05, 0.1) is 12.7 Å². The first-order valence-corrected chi connectivity index (χ1v) is 17.9. The predicted octanol–water partition coefficient (Wildman–Crippen LogP) is 7.20. The molecule has 47 heavy (non-hydrogen) atoms. The highest BCUT2D eigenvalue weighted by Crippen LogP contribution is 2.42. The lowest BCUT2D eigenvalue weighted by Crippen LogP contribution is -2.48. The van der Waals surface area contributed by atoms with E-state index in [2.05, 4.69) is 25.6 Å². The van der Waals surface area contributed by atoms with Crippen molar-refractivity contribution in [2.24, 2.45) is 4.36 Å². The van der Waals surface area contributed by atoms with Crippen LogP contribution in [0.4, 0.5) is 10.5 Å². The summed E-state index contributed by atoms with van der Waals surface area (Å²) >= 11 is 0. The summed E-state index contributed by atoms with van der Waals surface area (Å²) in [7, 11) is -3.77. The summed E-state index contributed by atoms with van der Waals surface area (Å²) in [5.74, 6) is 0.358. The molecule has 3 aliphatic rings. The first-order chi connectivity index (χ1) is 22.9. The molecular weight excluding hydrogens is 607 g/mol. The number of hydrogen-bond donors (Lipinski definition) is 2. The van der Waals surface area contributed by atoms with E-state index in [1.807, 2.05) is 97.9 Å². The summed E-state index contributed by atoms with van der Waals surface area (Å²) in [6.07, 6.45) is 7.31. The Balaban J connectivity index is 1.34. The Morgan fingerprint density at radius 1 is 0.851 bits per heavy atom. The molecule has 5 aromatic rings. The SMILES string of the molecule is C[C@H]1Cn2ncc([S@](=O)(=NC(=O)Nc3c4c(cc5c3CCC5)CCC4)NC(c3ccccc3)(c3ccccc3)c3ccccc3)c2O1. The number of carbonyl (C=O) groups is 1. The number of hydrogen-bond acceptors (Lipinski definition) is 4. The van der Waals surface area contributed by atoms with E-state index < -0.39 is 21.5 Å². The van der Waals surface area contributed by atoms with Gasteiger partial charge in [-0.2, -0.15) is 5.10 Å². The van der Waals surface area contributed by atoms with E-state index in [0.717, 1.165) is 60.9 Å². The van der Waals surface area contributed by atoms with Crippen molar-refractivity contribution in [1.82, 2.24) is 14.5 Å². The maximum Gasteiger partial charge on any atom is 0.354 e. The minimum absolute atomic E-state index is 0.161. The molecular formula is C38H37N5O3S. The van der Waals surface area contributed by atoms with Crippen LogP contribution in [0.2, 0.25) is 0 Å². The van der Waals surface area contributed by atoms with E-state index in [1.165, 1.54) is 28.5 Å². The van der Waals surface area contributed by atoms with E-state index >= 15 is 4.21 Å². The van der Waals surface area contributed by atoms with Crippen molar-refractivity contribution in [3.05, 3.63) is 142 Å². The summed E-state index contributed by atoms with van der Waals surface area (Å²) in [5, 5.41) is 7.68. The zero-order valence-electron chi connectivity index (χ0n) is 26.3. The number of urea groups is 1. The van der Waals surface area contributed by atoms with Crippen LogP contribution in [0.5, 0.6) is 5.88 Å². The van der Waals surface area contributed by atoms with Crippen molar-refractivity contribution in [3.8, 4) is 5.88 Å². The van der Waals surface area contributed by atoms with Crippen LogP contribution < -0.4 is 14.8 Å². The van der Waals surface area contributed by atoms with Crippen molar-refractivity contribution < 1.29 is 13.7 Å². The van der Waals surface area contributed by atoms with Gasteiger partial charge in [0.2, 0.25) is 5.88 Å². The molecule has 2 heterocycles. The summed E-state index contributed by atoms with van der Waals surface area (Å²) in [5.41, 5.74) is 7.19.